The van der Waals surface area contributed by atoms with Crippen molar-refractivity contribution in [1.29, 1.82) is 0 Å². The highest BCUT2D eigenvalue weighted by atomic mass is 79.9. The first-order chi connectivity index (χ1) is 7.13. The molecule has 1 heterocycles. The zero-order chi connectivity index (χ0) is 11.3. The Morgan fingerprint density at radius 1 is 1.67 bits per heavy atom. The van der Waals surface area contributed by atoms with Crippen LogP contribution in [-0.4, -0.2) is 17.6 Å². The van der Waals surface area contributed by atoms with Crippen LogP contribution >= 0.6 is 15.9 Å². The molecule has 4 nitrogen and oxygen atoms in total. The molecule has 1 rings (SSSR count). The van der Waals surface area contributed by atoms with Crippen molar-refractivity contribution in [2.45, 2.75) is 19.4 Å². The minimum Gasteiger partial charge on any atom is -0.466 e. The predicted octanol–water partition coefficient (Wildman–Crippen LogP) is 1.80. The van der Waals surface area contributed by atoms with Gasteiger partial charge in [-0.05, 0) is 34.5 Å². The van der Waals surface area contributed by atoms with Crippen LogP contribution in [0.1, 0.15) is 24.9 Å². The predicted molar refractivity (Wildman–Crippen MR) is 60.1 cm³/mol. The molecule has 0 saturated heterocycles. The van der Waals surface area contributed by atoms with Crippen molar-refractivity contribution in [2.75, 3.05) is 6.61 Å². The van der Waals surface area contributed by atoms with E-state index in [1.165, 1.54) is 0 Å². The van der Waals surface area contributed by atoms with E-state index in [4.69, 9.17) is 10.5 Å². The van der Waals surface area contributed by atoms with Gasteiger partial charge in [-0.3, -0.25) is 4.79 Å². The number of halogens is 1. The normalized spacial score (nSPS) is 12.2. The number of nitrogens with two attached hydrogens (primary N) is 1. The molecule has 2 N–H and O–H groups in total. The first kappa shape index (κ1) is 12.1. The maximum Gasteiger partial charge on any atom is 0.307 e. The van der Waals surface area contributed by atoms with Gasteiger partial charge in [-0.1, -0.05) is 6.07 Å². The van der Waals surface area contributed by atoms with Crippen molar-refractivity contribution < 1.29 is 9.53 Å². The molecule has 1 atom stereocenters. The van der Waals surface area contributed by atoms with Crippen LogP contribution in [-0.2, 0) is 9.53 Å². The summed E-state index contributed by atoms with van der Waals surface area (Å²) in [7, 11) is 0. The summed E-state index contributed by atoms with van der Waals surface area (Å²) in [5.74, 6) is -0.284. The standard InChI is InChI=1S/C10H13BrN2O2/c1-2-15-10(14)5-8(12)7-3-4-9(11)13-6-7/h3-4,6,8H,2,5,12H2,1H3/t8-/m0/s1. The molecule has 0 aliphatic heterocycles. The fourth-order valence-electron chi connectivity index (χ4n) is 1.12. The number of aromatic nitrogens is 1. The number of carbonyl (C=O) groups excluding carboxylic acids is 1. The Hall–Kier alpha value is -0.940. The second-order valence-electron chi connectivity index (χ2n) is 3.03. The van der Waals surface area contributed by atoms with Crippen LogP contribution in [0, 0.1) is 0 Å². The van der Waals surface area contributed by atoms with E-state index >= 15 is 0 Å². The van der Waals surface area contributed by atoms with Crippen LogP contribution in [0.25, 0.3) is 0 Å². The fraction of sp³-hybridized carbons (Fsp3) is 0.400. The van der Waals surface area contributed by atoms with Crippen molar-refractivity contribution in [3.8, 4) is 0 Å². The van der Waals surface area contributed by atoms with E-state index in [2.05, 4.69) is 20.9 Å². The lowest BCUT2D eigenvalue weighted by molar-refractivity contribution is -0.143. The molecule has 82 valence electrons. The largest absolute Gasteiger partial charge is 0.466 e. The monoisotopic (exact) mass is 272 g/mol. The van der Waals surface area contributed by atoms with Crippen LogP contribution in [0.5, 0.6) is 0 Å². The third-order valence-corrected chi connectivity index (χ3v) is 2.34. The van der Waals surface area contributed by atoms with Crippen LogP contribution < -0.4 is 5.73 Å². The molecule has 1 aromatic heterocycles. The Bertz CT molecular complexity index is 327. The van der Waals surface area contributed by atoms with Crippen LogP contribution in [0.15, 0.2) is 22.9 Å². The number of ether oxygens (including phenoxy) is 1. The Kier molecular flexibility index (Phi) is 4.71. The third-order valence-electron chi connectivity index (χ3n) is 1.87. The van der Waals surface area contributed by atoms with Gasteiger partial charge in [-0.15, -0.1) is 0 Å². The zero-order valence-electron chi connectivity index (χ0n) is 8.44. The smallest absolute Gasteiger partial charge is 0.307 e. The van der Waals surface area contributed by atoms with Gasteiger partial charge in [0.25, 0.3) is 0 Å². The Morgan fingerprint density at radius 2 is 2.40 bits per heavy atom. The molecule has 0 spiro atoms. The van der Waals surface area contributed by atoms with Gasteiger partial charge in [0.2, 0.25) is 0 Å². The quantitative estimate of drug-likeness (QED) is 0.671. The molecule has 0 saturated carbocycles. The van der Waals surface area contributed by atoms with E-state index in [9.17, 15) is 4.79 Å². The van der Waals surface area contributed by atoms with E-state index in [0.717, 1.165) is 10.2 Å². The SMILES string of the molecule is CCOC(=O)C[C@H](N)c1ccc(Br)nc1. The molecule has 0 unspecified atom stereocenters. The summed E-state index contributed by atoms with van der Waals surface area (Å²) in [5.41, 5.74) is 6.65. The number of carbonyl (C=O) groups is 1. The lowest BCUT2D eigenvalue weighted by Crippen LogP contribution is -2.17. The number of hydrogen-bond donors (Lipinski definition) is 1. The van der Waals surface area contributed by atoms with Crippen molar-refractivity contribution in [3.05, 3.63) is 28.5 Å². The molecule has 5 heteroatoms. The van der Waals surface area contributed by atoms with Gasteiger partial charge >= 0.3 is 5.97 Å². The molecule has 0 aromatic carbocycles. The second-order valence-corrected chi connectivity index (χ2v) is 3.84. The van der Waals surface area contributed by atoms with E-state index in [0.29, 0.717) is 6.61 Å². The molecule has 0 fully saturated rings. The average molecular weight is 273 g/mol. The average Bonchev–Trinajstić information content (AvgIpc) is 2.18. The summed E-state index contributed by atoms with van der Waals surface area (Å²) >= 11 is 3.23. The number of rotatable bonds is 4. The Labute approximate surface area is 97.0 Å². The van der Waals surface area contributed by atoms with Crippen molar-refractivity contribution in [2.24, 2.45) is 5.73 Å². The lowest BCUT2D eigenvalue weighted by Gasteiger charge is -2.10. The molecule has 0 bridgehead atoms. The van der Waals surface area contributed by atoms with Gasteiger partial charge in [0.1, 0.15) is 4.60 Å². The van der Waals surface area contributed by atoms with E-state index in [1.807, 2.05) is 6.07 Å². The first-order valence-corrected chi connectivity index (χ1v) is 5.45. The van der Waals surface area contributed by atoms with Crippen LogP contribution in [0.4, 0.5) is 0 Å². The van der Waals surface area contributed by atoms with Crippen LogP contribution in [0.2, 0.25) is 0 Å². The maximum absolute atomic E-state index is 11.2. The molecule has 1 aromatic rings. The molecule has 0 aliphatic carbocycles. The Morgan fingerprint density at radius 3 is 2.93 bits per heavy atom. The molecule has 15 heavy (non-hydrogen) atoms. The molecular weight excluding hydrogens is 260 g/mol. The molecule has 0 aliphatic rings. The summed E-state index contributed by atoms with van der Waals surface area (Å²) in [6.07, 6.45) is 1.82. The highest BCUT2D eigenvalue weighted by Gasteiger charge is 2.12. The number of hydrogen-bond acceptors (Lipinski definition) is 4. The van der Waals surface area contributed by atoms with E-state index in [1.54, 1.807) is 19.2 Å². The molecule has 0 amide bonds. The third kappa shape index (κ3) is 3.97. The maximum atomic E-state index is 11.2. The number of esters is 1. The summed E-state index contributed by atoms with van der Waals surface area (Å²) in [6.45, 7) is 2.15. The van der Waals surface area contributed by atoms with Gasteiger partial charge in [0.15, 0.2) is 0 Å². The van der Waals surface area contributed by atoms with Gasteiger partial charge in [-0.2, -0.15) is 0 Å². The number of pyridine rings is 1. The van der Waals surface area contributed by atoms with Crippen LogP contribution in [0.3, 0.4) is 0 Å². The van der Waals surface area contributed by atoms with Gasteiger partial charge in [-0.25, -0.2) is 4.98 Å². The minimum atomic E-state index is -0.357. The van der Waals surface area contributed by atoms with Gasteiger partial charge < -0.3 is 10.5 Å². The lowest BCUT2D eigenvalue weighted by atomic mass is 10.1. The number of nitrogens with zero attached hydrogens (tertiary/aromatic N) is 1. The minimum absolute atomic E-state index is 0.178. The summed E-state index contributed by atoms with van der Waals surface area (Å²) in [4.78, 5) is 15.2. The highest BCUT2D eigenvalue weighted by Crippen LogP contribution is 2.15. The summed E-state index contributed by atoms with van der Waals surface area (Å²) < 4.78 is 5.55. The van der Waals surface area contributed by atoms with Gasteiger partial charge in [0, 0.05) is 12.2 Å². The van der Waals surface area contributed by atoms with Crippen molar-refractivity contribution >= 4 is 21.9 Å². The topological polar surface area (TPSA) is 65.2 Å². The molecule has 0 radical (unpaired) electrons. The van der Waals surface area contributed by atoms with Crippen molar-refractivity contribution in [3.63, 3.8) is 0 Å². The zero-order valence-corrected chi connectivity index (χ0v) is 10.0. The fourth-order valence-corrected chi connectivity index (χ4v) is 1.36. The van der Waals surface area contributed by atoms with E-state index < -0.39 is 0 Å². The first-order valence-electron chi connectivity index (χ1n) is 4.66. The highest BCUT2D eigenvalue weighted by molar-refractivity contribution is 9.10. The summed E-state index contributed by atoms with van der Waals surface area (Å²) in [6, 6.07) is 3.27. The van der Waals surface area contributed by atoms with E-state index in [-0.39, 0.29) is 18.4 Å². The molecular formula is C10H13BrN2O2. The summed E-state index contributed by atoms with van der Waals surface area (Å²) in [5, 5.41) is 0. The van der Waals surface area contributed by atoms with Gasteiger partial charge in [0.05, 0.1) is 13.0 Å². The van der Waals surface area contributed by atoms with Crippen molar-refractivity contribution in [1.82, 2.24) is 4.98 Å². The second kappa shape index (κ2) is 5.82. The Balaban J connectivity index is 2.57.